The van der Waals surface area contributed by atoms with E-state index in [1.807, 2.05) is 0 Å². The topological polar surface area (TPSA) is 280 Å². The zero-order valence-corrected chi connectivity index (χ0v) is 24.8. The molecule has 254 valence electrons. The van der Waals surface area contributed by atoms with Crippen LogP contribution in [-0.4, -0.2) is 185 Å². The molecule has 0 bridgehead atoms. The predicted molar refractivity (Wildman–Crippen MR) is 143 cm³/mol. The summed E-state index contributed by atoms with van der Waals surface area (Å²) < 4.78 is 21.5. The molecule has 14 atom stereocenters. The van der Waals surface area contributed by atoms with Gasteiger partial charge in [0.1, 0.15) is 61.0 Å². The zero-order valence-electron chi connectivity index (χ0n) is 24.8. The zero-order chi connectivity index (χ0) is 32.9. The summed E-state index contributed by atoms with van der Waals surface area (Å²) in [5.74, 6) is -0.776. The molecule has 2 heterocycles. The van der Waals surface area contributed by atoms with Crippen LogP contribution < -0.4 is 0 Å². The summed E-state index contributed by atoms with van der Waals surface area (Å²) in [6.07, 6.45) is -21.3. The van der Waals surface area contributed by atoms with E-state index in [1.165, 1.54) is 18.7 Å². The Morgan fingerprint density at radius 1 is 0.791 bits per heavy atom. The van der Waals surface area contributed by atoms with Gasteiger partial charge in [-0.05, 0) is 19.5 Å². The summed E-state index contributed by atoms with van der Waals surface area (Å²) >= 11 is 0. The van der Waals surface area contributed by atoms with Crippen LogP contribution in [0, 0.1) is 0 Å². The molecule has 43 heavy (non-hydrogen) atoms. The number of ketones is 1. The Hall–Kier alpha value is -0.970. The normalized spacial score (nSPS) is 37.9. The van der Waals surface area contributed by atoms with Gasteiger partial charge in [-0.2, -0.15) is 0 Å². The van der Waals surface area contributed by atoms with Gasteiger partial charge >= 0.3 is 0 Å². The lowest BCUT2D eigenvalue weighted by molar-refractivity contribution is -0.335. The van der Waals surface area contributed by atoms with Crippen molar-refractivity contribution in [3.05, 3.63) is 0 Å². The molecule has 0 aromatic heterocycles. The molecule has 17 nitrogen and oxygen atoms in total. The van der Waals surface area contributed by atoms with Crippen molar-refractivity contribution in [3.63, 3.8) is 0 Å². The molecule has 0 aliphatic carbocycles. The summed E-state index contributed by atoms with van der Waals surface area (Å²) in [4.78, 5) is 14.0. The maximum Gasteiger partial charge on any atom is 0.186 e. The fraction of sp³-hybridized carbons (Fsp3) is 0.962. The van der Waals surface area contributed by atoms with E-state index in [2.05, 4.69) is 0 Å². The highest BCUT2D eigenvalue weighted by atomic mass is 16.7. The molecule has 0 radical (unpaired) electrons. The Labute approximate surface area is 249 Å². The second-order valence-corrected chi connectivity index (χ2v) is 10.8. The summed E-state index contributed by atoms with van der Waals surface area (Å²) in [6, 6.07) is 0. The van der Waals surface area contributed by atoms with Crippen LogP contribution in [0.15, 0.2) is 0 Å². The molecule has 2 saturated heterocycles. The molecule has 2 fully saturated rings. The van der Waals surface area contributed by atoms with Gasteiger partial charge in [0.25, 0.3) is 0 Å². The first-order chi connectivity index (χ1) is 20.1. The van der Waals surface area contributed by atoms with Gasteiger partial charge in [-0.3, -0.25) is 9.69 Å². The average Bonchev–Trinajstić information content (AvgIpc) is 3.01. The van der Waals surface area contributed by atoms with Crippen molar-refractivity contribution in [3.8, 4) is 0 Å². The molecule has 0 amide bonds. The number of aliphatic hydroxyl groups excluding tert-OH is 9. The highest BCUT2D eigenvalue weighted by Crippen LogP contribution is 2.36. The molecule has 0 saturated carbocycles. The van der Waals surface area contributed by atoms with Crippen LogP contribution in [-0.2, 0) is 23.7 Å². The van der Waals surface area contributed by atoms with Gasteiger partial charge in [-0.25, -0.2) is 0 Å². The van der Waals surface area contributed by atoms with E-state index in [0.29, 0.717) is 0 Å². The summed E-state index contributed by atoms with van der Waals surface area (Å²) in [6.45, 7) is 4.08. The van der Waals surface area contributed by atoms with Crippen molar-refractivity contribution in [1.29, 1.82) is 0 Å². The van der Waals surface area contributed by atoms with E-state index < -0.39 is 111 Å². The Balaban J connectivity index is 2.17. The molecule has 2 aliphatic heterocycles. The molecule has 0 aromatic carbocycles. The number of carbonyl (C=O) groups is 1. The van der Waals surface area contributed by atoms with Crippen molar-refractivity contribution < 1.29 is 79.9 Å². The van der Waals surface area contributed by atoms with Crippen molar-refractivity contribution in [2.45, 2.75) is 125 Å². The van der Waals surface area contributed by atoms with E-state index >= 15 is 0 Å². The molecule has 0 aromatic rings. The van der Waals surface area contributed by atoms with Gasteiger partial charge in [0.15, 0.2) is 29.7 Å². The van der Waals surface area contributed by atoms with Gasteiger partial charge in [0.2, 0.25) is 0 Å². The van der Waals surface area contributed by atoms with E-state index in [0.717, 1.165) is 0 Å². The average molecular weight is 632 g/mol. The standard InChI is InChI=1S/C26H49NO16/c1-5-15(30)25(38,6-2)26(39,27(7-3)8-4)22(37)12(29)10-40-23-21(36)19(34)17(32)14(43-23)11-41-24-20(35)18(33)16(31)13(9-28)42-24/h12-14,16-24,28-29,31-39H,5-11H2,1-4H3/t12-,13-,14-,16-,17-,18+,19+,20-,21-,22-,23+,24+,25+,26+/m1/s1. The first kappa shape index (κ1) is 38.2. The van der Waals surface area contributed by atoms with Crippen molar-refractivity contribution in [1.82, 2.24) is 4.90 Å². The van der Waals surface area contributed by atoms with Crippen molar-refractivity contribution >= 4 is 5.78 Å². The lowest BCUT2D eigenvalue weighted by Gasteiger charge is -2.51. The molecule has 11 N–H and O–H groups in total. The van der Waals surface area contributed by atoms with Crippen LogP contribution in [0.4, 0.5) is 0 Å². The lowest BCUT2D eigenvalue weighted by Crippen LogP contribution is -2.75. The van der Waals surface area contributed by atoms with E-state index in [4.69, 9.17) is 18.9 Å². The number of nitrogens with zero attached hydrogens (tertiary/aromatic N) is 1. The van der Waals surface area contributed by atoms with E-state index in [1.54, 1.807) is 13.8 Å². The number of hydrogen-bond acceptors (Lipinski definition) is 17. The third kappa shape index (κ3) is 7.54. The van der Waals surface area contributed by atoms with E-state index in [9.17, 15) is 61.0 Å². The van der Waals surface area contributed by atoms with Gasteiger partial charge in [0.05, 0.1) is 19.8 Å². The Kier molecular flexibility index (Phi) is 14.3. The minimum Gasteiger partial charge on any atom is -0.394 e. The van der Waals surface area contributed by atoms with Crippen LogP contribution in [0.25, 0.3) is 0 Å². The molecule has 0 unspecified atom stereocenters. The number of ether oxygens (including phenoxy) is 4. The molecule has 0 spiro atoms. The summed E-state index contributed by atoms with van der Waals surface area (Å²) in [5, 5.41) is 115. The fourth-order valence-corrected chi connectivity index (χ4v) is 5.49. The number of rotatable bonds is 16. The van der Waals surface area contributed by atoms with Crippen molar-refractivity contribution in [2.75, 3.05) is 32.9 Å². The van der Waals surface area contributed by atoms with Gasteiger partial charge in [0, 0.05) is 6.42 Å². The second-order valence-electron chi connectivity index (χ2n) is 10.8. The maximum absolute atomic E-state index is 12.8. The number of aliphatic hydroxyl groups is 11. The number of likely N-dealkylation sites (N-methyl/N-ethyl adjacent to an activating group) is 1. The molecular formula is C26H49NO16. The highest BCUT2D eigenvalue weighted by molar-refractivity contribution is 5.88. The van der Waals surface area contributed by atoms with Gasteiger partial charge in [-0.1, -0.05) is 27.7 Å². The molecule has 2 rings (SSSR count). The first-order valence-electron chi connectivity index (χ1n) is 14.4. The number of hydrogen-bond donors (Lipinski definition) is 11. The minimum absolute atomic E-state index is 0.0710. The Morgan fingerprint density at radius 3 is 1.74 bits per heavy atom. The monoisotopic (exact) mass is 631 g/mol. The van der Waals surface area contributed by atoms with Crippen LogP contribution >= 0.6 is 0 Å². The SMILES string of the molecule is CCC(=O)[C@@](O)(CC)[C@@](O)([C@H](O)[C@H](O)CO[C@H]1O[C@H](CO[C@H]2O[C@H](CO)[C@@H](O)[C@H](O)[C@H]2O)[C@@H](O)[C@H](O)[C@H]1O)N(CC)CC. The lowest BCUT2D eigenvalue weighted by atomic mass is 9.76. The third-order valence-corrected chi connectivity index (χ3v) is 8.30. The Morgan fingerprint density at radius 2 is 1.28 bits per heavy atom. The largest absolute Gasteiger partial charge is 0.394 e. The van der Waals surface area contributed by atoms with Crippen LogP contribution in [0.1, 0.15) is 40.5 Å². The van der Waals surface area contributed by atoms with Gasteiger partial charge < -0.3 is 75.1 Å². The minimum atomic E-state index is -2.66. The van der Waals surface area contributed by atoms with E-state index in [-0.39, 0.29) is 25.9 Å². The van der Waals surface area contributed by atoms with Crippen LogP contribution in [0.3, 0.4) is 0 Å². The smallest absolute Gasteiger partial charge is 0.186 e. The van der Waals surface area contributed by atoms with Crippen molar-refractivity contribution in [2.24, 2.45) is 0 Å². The number of Topliss-reactive ketones (excluding diaryl/α,β-unsaturated/α-hetero) is 1. The maximum atomic E-state index is 12.8. The predicted octanol–water partition coefficient (Wildman–Crippen LogP) is -5.50. The first-order valence-corrected chi connectivity index (χ1v) is 14.4. The summed E-state index contributed by atoms with van der Waals surface area (Å²) in [5.41, 5.74) is -5.15. The Bertz CT molecular complexity index is 865. The molecule has 2 aliphatic rings. The number of carbonyl (C=O) groups excluding carboxylic acids is 1. The summed E-state index contributed by atoms with van der Waals surface area (Å²) in [7, 11) is 0. The van der Waals surface area contributed by atoms with Crippen LogP contribution in [0.2, 0.25) is 0 Å². The highest BCUT2D eigenvalue weighted by Gasteiger charge is 2.61. The third-order valence-electron chi connectivity index (χ3n) is 8.30. The fourth-order valence-electron chi connectivity index (χ4n) is 5.49. The second kappa shape index (κ2) is 16.0. The quantitative estimate of drug-likeness (QED) is 0.0709. The van der Waals surface area contributed by atoms with Crippen LogP contribution in [0.5, 0.6) is 0 Å². The van der Waals surface area contributed by atoms with Gasteiger partial charge in [-0.15, -0.1) is 0 Å². The molecular weight excluding hydrogens is 582 g/mol. The molecule has 17 heteroatoms.